The van der Waals surface area contributed by atoms with Crippen LogP contribution >= 0.6 is 0 Å². The second-order valence-corrected chi connectivity index (χ2v) is 3.16. The maximum Gasteiger partial charge on any atom is 0.0526 e. The topological polar surface area (TPSA) is 24.7 Å². The van der Waals surface area contributed by atoms with Gasteiger partial charge in [0.05, 0.1) is 6.21 Å². The van der Waals surface area contributed by atoms with Crippen LogP contribution in [0.25, 0.3) is 0 Å². The molecule has 0 saturated heterocycles. The summed E-state index contributed by atoms with van der Waals surface area (Å²) in [7, 11) is 0. The zero-order chi connectivity index (χ0) is 8.20. The van der Waals surface area contributed by atoms with Crippen LogP contribution in [0.2, 0.25) is 0 Å². The molecule has 0 aromatic heterocycles. The van der Waals surface area contributed by atoms with Crippen LogP contribution in [0.15, 0.2) is 22.4 Å². The SMILES string of the molecule is C=N/N=C\C(=C)C(C)(C)C. The second-order valence-electron chi connectivity index (χ2n) is 3.16. The summed E-state index contributed by atoms with van der Waals surface area (Å²) in [6.45, 7) is 13.3. The predicted octanol–water partition coefficient (Wildman–Crippen LogP) is 2.28. The Labute approximate surface area is 62.4 Å². The minimum atomic E-state index is 0.0776. The van der Waals surface area contributed by atoms with Crippen molar-refractivity contribution in [2.45, 2.75) is 20.8 Å². The summed E-state index contributed by atoms with van der Waals surface area (Å²) in [5.41, 5.74) is 1.04. The first-order valence-corrected chi connectivity index (χ1v) is 3.17. The minimum Gasteiger partial charge on any atom is -0.167 e. The lowest BCUT2D eigenvalue weighted by molar-refractivity contribution is 0.528. The highest BCUT2D eigenvalue weighted by Crippen LogP contribution is 2.21. The van der Waals surface area contributed by atoms with Crippen LogP contribution in [0, 0.1) is 5.41 Å². The first kappa shape index (κ1) is 9.08. The van der Waals surface area contributed by atoms with E-state index in [9.17, 15) is 0 Å². The first-order chi connectivity index (χ1) is 4.48. The van der Waals surface area contributed by atoms with E-state index in [0.29, 0.717) is 0 Å². The van der Waals surface area contributed by atoms with Crippen molar-refractivity contribution in [2.24, 2.45) is 15.6 Å². The zero-order valence-corrected chi connectivity index (χ0v) is 6.89. The average molecular weight is 138 g/mol. The van der Waals surface area contributed by atoms with E-state index >= 15 is 0 Å². The molecule has 0 unspecified atom stereocenters. The summed E-state index contributed by atoms with van der Waals surface area (Å²) in [5.74, 6) is 0. The lowest BCUT2D eigenvalue weighted by atomic mass is 9.88. The Morgan fingerprint density at radius 1 is 1.40 bits per heavy atom. The average Bonchev–Trinajstić information content (AvgIpc) is 1.80. The van der Waals surface area contributed by atoms with Gasteiger partial charge in [0.1, 0.15) is 0 Å². The van der Waals surface area contributed by atoms with E-state index in [1.807, 2.05) is 0 Å². The van der Waals surface area contributed by atoms with E-state index in [1.165, 1.54) is 0 Å². The van der Waals surface area contributed by atoms with Gasteiger partial charge in [0, 0.05) is 6.72 Å². The smallest absolute Gasteiger partial charge is 0.0526 e. The monoisotopic (exact) mass is 138 g/mol. The van der Waals surface area contributed by atoms with Crippen LogP contribution in [0.5, 0.6) is 0 Å². The number of nitrogens with zero attached hydrogens (tertiary/aromatic N) is 2. The summed E-state index contributed by atoms with van der Waals surface area (Å²) in [6.07, 6.45) is 1.63. The number of hydrogen-bond acceptors (Lipinski definition) is 2. The molecule has 0 spiro atoms. The highest BCUT2D eigenvalue weighted by Gasteiger charge is 2.12. The zero-order valence-electron chi connectivity index (χ0n) is 6.89. The van der Waals surface area contributed by atoms with Crippen molar-refractivity contribution < 1.29 is 0 Å². The van der Waals surface area contributed by atoms with Gasteiger partial charge in [0.25, 0.3) is 0 Å². The van der Waals surface area contributed by atoms with E-state index in [0.717, 1.165) is 5.57 Å². The van der Waals surface area contributed by atoms with Gasteiger partial charge < -0.3 is 0 Å². The molecule has 0 fully saturated rings. The van der Waals surface area contributed by atoms with Crippen molar-refractivity contribution in [3.05, 3.63) is 12.2 Å². The fourth-order valence-electron chi connectivity index (χ4n) is 0.304. The Hall–Kier alpha value is -0.920. The number of hydrogen-bond donors (Lipinski definition) is 0. The summed E-state index contributed by atoms with van der Waals surface area (Å²) < 4.78 is 0. The van der Waals surface area contributed by atoms with Crippen LogP contribution < -0.4 is 0 Å². The molecule has 0 saturated carbocycles. The lowest BCUT2D eigenvalue weighted by Gasteiger charge is -2.17. The van der Waals surface area contributed by atoms with Gasteiger partial charge in [-0.05, 0) is 11.0 Å². The van der Waals surface area contributed by atoms with E-state index in [-0.39, 0.29) is 5.41 Å². The minimum absolute atomic E-state index is 0.0776. The van der Waals surface area contributed by atoms with Crippen molar-refractivity contribution in [1.29, 1.82) is 0 Å². The fourth-order valence-corrected chi connectivity index (χ4v) is 0.304. The highest BCUT2D eigenvalue weighted by atomic mass is 15.2. The second kappa shape index (κ2) is 3.30. The van der Waals surface area contributed by atoms with E-state index in [2.05, 4.69) is 44.3 Å². The Kier molecular flexibility index (Phi) is 3.00. The maximum absolute atomic E-state index is 3.83. The van der Waals surface area contributed by atoms with E-state index in [4.69, 9.17) is 0 Å². The Morgan fingerprint density at radius 3 is 2.20 bits per heavy atom. The third kappa shape index (κ3) is 3.17. The van der Waals surface area contributed by atoms with Crippen molar-refractivity contribution in [1.82, 2.24) is 0 Å². The molecule has 2 heteroatoms. The van der Waals surface area contributed by atoms with Gasteiger partial charge in [-0.2, -0.15) is 10.2 Å². The Bertz CT molecular complexity index is 161. The normalized spacial score (nSPS) is 11.9. The van der Waals surface area contributed by atoms with Crippen LogP contribution in [-0.2, 0) is 0 Å². The molecule has 0 aliphatic rings. The molecule has 0 rings (SSSR count). The summed E-state index contributed by atoms with van der Waals surface area (Å²) in [6, 6.07) is 0. The van der Waals surface area contributed by atoms with Gasteiger partial charge in [-0.1, -0.05) is 27.4 Å². The standard InChI is InChI=1S/C8H14N2/c1-7(6-10-9-5)8(2,3)4/h6H,1,5H2,2-4H3/b10-6-. The molecule has 2 nitrogen and oxygen atoms in total. The molecule has 0 aliphatic carbocycles. The molecule has 0 radical (unpaired) electrons. The van der Waals surface area contributed by atoms with Crippen LogP contribution in [0.3, 0.4) is 0 Å². The van der Waals surface area contributed by atoms with Gasteiger partial charge >= 0.3 is 0 Å². The molecule has 0 atom stereocenters. The highest BCUT2D eigenvalue weighted by molar-refractivity contribution is 5.79. The van der Waals surface area contributed by atoms with Crippen LogP contribution in [-0.4, -0.2) is 12.9 Å². The summed E-state index contributed by atoms with van der Waals surface area (Å²) in [5, 5.41) is 6.98. The van der Waals surface area contributed by atoms with Crippen molar-refractivity contribution in [3.63, 3.8) is 0 Å². The molecule has 10 heavy (non-hydrogen) atoms. The van der Waals surface area contributed by atoms with E-state index < -0.39 is 0 Å². The van der Waals surface area contributed by atoms with Gasteiger partial charge in [0.2, 0.25) is 0 Å². The van der Waals surface area contributed by atoms with Crippen LogP contribution in [0.1, 0.15) is 20.8 Å². The maximum atomic E-state index is 3.83. The first-order valence-electron chi connectivity index (χ1n) is 3.17. The summed E-state index contributed by atoms with van der Waals surface area (Å²) >= 11 is 0. The lowest BCUT2D eigenvalue weighted by Crippen LogP contribution is -2.08. The molecule has 0 aromatic rings. The van der Waals surface area contributed by atoms with Crippen molar-refractivity contribution in [3.8, 4) is 0 Å². The third-order valence-corrected chi connectivity index (χ3v) is 1.26. The van der Waals surface area contributed by atoms with Crippen molar-refractivity contribution in [2.75, 3.05) is 0 Å². The quantitative estimate of drug-likeness (QED) is 0.413. The van der Waals surface area contributed by atoms with Crippen LogP contribution in [0.4, 0.5) is 0 Å². The third-order valence-electron chi connectivity index (χ3n) is 1.26. The summed E-state index contributed by atoms with van der Waals surface area (Å²) in [4.78, 5) is 0. The molecule has 0 bridgehead atoms. The van der Waals surface area contributed by atoms with E-state index in [1.54, 1.807) is 6.21 Å². The molecule has 0 aliphatic heterocycles. The molecular weight excluding hydrogens is 124 g/mol. The number of allylic oxidation sites excluding steroid dienone is 1. The number of rotatable bonds is 2. The molecule has 0 heterocycles. The predicted molar refractivity (Wildman–Crippen MR) is 46.6 cm³/mol. The Balaban J connectivity index is 4.11. The molecular formula is C8H14N2. The van der Waals surface area contributed by atoms with Gasteiger partial charge in [-0.25, -0.2) is 0 Å². The van der Waals surface area contributed by atoms with Crippen molar-refractivity contribution >= 4 is 12.9 Å². The molecule has 0 aromatic carbocycles. The fraction of sp³-hybridized carbons (Fsp3) is 0.500. The largest absolute Gasteiger partial charge is 0.167 e. The molecule has 56 valence electrons. The van der Waals surface area contributed by atoms with Gasteiger partial charge in [0.15, 0.2) is 0 Å². The molecule has 0 amide bonds. The Morgan fingerprint density at radius 2 is 1.90 bits per heavy atom. The van der Waals surface area contributed by atoms with Gasteiger partial charge in [-0.15, -0.1) is 0 Å². The van der Waals surface area contributed by atoms with Gasteiger partial charge in [-0.3, -0.25) is 0 Å². The molecule has 0 N–H and O–H groups in total.